The average Bonchev–Trinajstić information content (AvgIpc) is 2.77. The first kappa shape index (κ1) is 24.3. The Morgan fingerprint density at radius 3 is 2.55 bits per heavy atom. The summed E-state index contributed by atoms with van der Waals surface area (Å²) >= 11 is 0. The van der Waals surface area contributed by atoms with Crippen molar-refractivity contribution in [3.05, 3.63) is 59.2 Å². The Labute approximate surface area is 195 Å². The minimum Gasteiger partial charge on any atom is -0.359 e. The molecule has 2 aromatic carbocycles. The first-order valence-electron chi connectivity index (χ1n) is 11.5. The summed E-state index contributed by atoms with van der Waals surface area (Å²) in [5.74, 6) is -0.653. The molecule has 0 saturated heterocycles. The minimum absolute atomic E-state index is 0.0144. The highest BCUT2D eigenvalue weighted by Gasteiger charge is 2.35. The first-order valence-corrected chi connectivity index (χ1v) is 11.5. The van der Waals surface area contributed by atoms with E-state index in [9.17, 15) is 14.4 Å². The Kier molecular flexibility index (Phi) is 7.74. The van der Waals surface area contributed by atoms with Crippen molar-refractivity contribution in [1.29, 1.82) is 0 Å². The second-order valence-corrected chi connectivity index (χ2v) is 8.96. The molecule has 4 amide bonds. The van der Waals surface area contributed by atoms with Gasteiger partial charge in [0.1, 0.15) is 0 Å². The van der Waals surface area contributed by atoms with Crippen molar-refractivity contribution in [1.82, 2.24) is 10.6 Å². The maximum absolute atomic E-state index is 12.9. The highest BCUT2D eigenvalue weighted by atomic mass is 16.2. The van der Waals surface area contributed by atoms with Crippen LogP contribution in [0.1, 0.15) is 56.2 Å². The fourth-order valence-electron chi connectivity index (χ4n) is 4.24. The molecule has 176 valence electrons. The van der Waals surface area contributed by atoms with Gasteiger partial charge in [-0.25, -0.2) is 4.79 Å². The predicted octanol–water partition coefficient (Wildman–Crippen LogP) is 4.25. The van der Waals surface area contributed by atoms with Crippen LogP contribution in [-0.4, -0.2) is 36.5 Å². The average molecular weight is 451 g/mol. The van der Waals surface area contributed by atoms with Gasteiger partial charge in [0.2, 0.25) is 11.8 Å². The quantitative estimate of drug-likeness (QED) is 0.614. The van der Waals surface area contributed by atoms with E-state index in [1.165, 1.54) is 0 Å². The van der Waals surface area contributed by atoms with Crippen molar-refractivity contribution in [3.63, 3.8) is 0 Å². The van der Waals surface area contributed by atoms with E-state index in [-0.39, 0.29) is 30.5 Å². The van der Waals surface area contributed by atoms with Gasteiger partial charge in [-0.2, -0.15) is 0 Å². The Hall–Kier alpha value is -3.35. The van der Waals surface area contributed by atoms with E-state index in [2.05, 4.69) is 16.0 Å². The van der Waals surface area contributed by atoms with Crippen molar-refractivity contribution in [2.75, 3.05) is 16.8 Å². The molecule has 0 radical (unpaired) electrons. The number of hydrogen-bond acceptors (Lipinski definition) is 4. The smallest absolute Gasteiger partial charge is 0.325 e. The lowest BCUT2D eigenvalue weighted by molar-refractivity contribution is -0.123. The van der Waals surface area contributed by atoms with Crippen LogP contribution < -0.4 is 20.9 Å². The highest BCUT2D eigenvalue weighted by molar-refractivity contribution is 6.03. The molecule has 0 unspecified atom stereocenters. The van der Waals surface area contributed by atoms with Crippen LogP contribution in [-0.2, 0) is 9.59 Å². The third kappa shape index (κ3) is 5.92. The summed E-state index contributed by atoms with van der Waals surface area (Å²) in [7, 11) is 0. The van der Waals surface area contributed by atoms with Crippen molar-refractivity contribution in [2.45, 2.75) is 65.5 Å². The number of nitrogens with one attached hydrogen (secondary N) is 3. The van der Waals surface area contributed by atoms with Gasteiger partial charge in [-0.1, -0.05) is 42.8 Å². The van der Waals surface area contributed by atoms with E-state index in [4.69, 9.17) is 0 Å². The molecule has 33 heavy (non-hydrogen) atoms. The van der Waals surface area contributed by atoms with Crippen molar-refractivity contribution < 1.29 is 14.4 Å². The number of para-hydroxylation sites is 1. The Balaban J connectivity index is 1.69. The van der Waals surface area contributed by atoms with Gasteiger partial charge in [0.15, 0.2) is 0 Å². The van der Waals surface area contributed by atoms with Crippen LogP contribution >= 0.6 is 0 Å². The molecule has 1 heterocycles. The largest absolute Gasteiger partial charge is 0.359 e. The number of anilines is 2. The summed E-state index contributed by atoms with van der Waals surface area (Å²) in [4.78, 5) is 40.0. The third-order valence-electron chi connectivity index (χ3n) is 6.25. The highest BCUT2D eigenvalue weighted by Crippen LogP contribution is 2.38. The molecule has 7 heteroatoms. The lowest BCUT2D eigenvalue weighted by Crippen LogP contribution is -2.49. The summed E-state index contributed by atoms with van der Waals surface area (Å²) in [5.41, 5.74) is 4.45. The number of imide groups is 1. The van der Waals surface area contributed by atoms with Crippen LogP contribution in [0.5, 0.6) is 0 Å². The molecule has 0 saturated carbocycles. The zero-order valence-electron chi connectivity index (χ0n) is 20.1. The fourth-order valence-corrected chi connectivity index (χ4v) is 4.24. The van der Waals surface area contributed by atoms with Gasteiger partial charge in [0.25, 0.3) is 0 Å². The third-order valence-corrected chi connectivity index (χ3v) is 6.25. The van der Waals surface area contributed by atoms with E-state index in [0.29, 0.717) is 12.1 Å². The number of amides is 4. The number of carbonyl (C=O) groups is 3. The molecule has 7 nitrogen and oxygen atoms in total. The molecule has 0 aliphatic carbocycles. The van der Waals surface area contributed by atoms with Gasteiger partial charge in [0.05, 0.1) is 12.5 Å². The molecular formula is C26H34N4O3. The molecule has 3 atom stereocenters. The number of nitrogens with zero attached hydrogens (tertiary/aromatic N) is 1. The number of fused-ring (bicyclic) bond motifs is 1. The van der Waals surface area contributed by atoms with E-state index >= 15 is 0 Å². The topological polar surface area (TPSA) is 90.5 Å². The lowest BCUT2D eigenvalue weighted by atomic mass is 9.85. The summed E-state index contributed by atoms with van der Waals surface area (Å²) in [6.45, 7) is 9.96. The van der Waals surface area contributed by atoms with E-state index < -0.39 is 11.9 Å². The zero-order valence-corrected chi connectivity index (χ0v) is 20.1. The molecule has 0 spiro atoms. The number of rotatable bonds is 6. The van der Waals surface area contributed by atoms with Crippen molar-refractivity contribution >= 4 is 29.2 Å². The molecular weight excluding hydrogens is 416 g/mol. The van der Waals surface area contributed by atoms with Crippen LogP contribution in [0.15, 0.2) is 42.5 Å². The molecule has 3 rings (SSSR count). The molecule has 3 N–H and O–H groups in total. The van der Waals surface area contributed by atoms with Gasteiger partial charge in [0, 0.05) is 23.5 Å². The molecule has 0 fully saturated rings. The maximum Gasteiger partial charge on any atom is 0.325 e. The predicted molar refractivity (Wildman–Crippen MR) is 132 cm³/mol. The number of carbonyl (C=O) groups excluding carboxylic acids is 3. The molecule has 1 aliphatic heterocycles. The van der Waals surface area contributed by atoms with E-state index in [1.807, 2.05) is 82.0 Å². The first-order chi connectivity index (χ1) is 15.7. The molecule has 2 aromatic rings. The van der Waals surface area contributed by atoms with Gasteiger partial charge in [-0.15, -0.1) is 0 Å². The second-order valence-electron chi connectivity index (χ2n) is 8.96. The van der Waals surface area contributed by atoms with Crippen molar-refractivity contribution in [3.8, 4) is 0 Å². The van der Waals surface area contributed by atoms with Crippen molar-refractivity contribution in [2.24, 2.45) is 0 Å². The Morgan fingerprint density at radius 1 is 1.12 bits per heavy atom. The summed E-state index contributed by atoms with van der Waals surface area (Å²) < 4.78 is 0. The van der Waals surface area contributed by atoms with Crippen LogP contribution in [0.4, 0.5) is 16.2 Å². The number of benzene rings is 2. The summed E-state index contributed by atoms with van der Waals surface area (Å²) in [5, 5.41) is 8.25. The lowest BCUT2D eigenvalue weighted by Gasteiger charge is -2.40. The fraction of sp³-hybridized carbons (Fsp3) is 0.423. The maximum atomic E-state index is 12.9. The van der Waals surface area contributed by atoms with Gasteiger partial charge >= 0.3 is 6.03 Å². The van der Waals surface area contributed by atoms with Crippen LogP contribution in [0.2, 0.25) is 0 Å². The monoisotopic (exact) mass is 450 g/mol. The van der Waals surface area contributed by atoms with Gasteiger partial charge in [-0.05, 0) is 63.8 Å². The normalized spacial score (nSPS) is 18.2. The molecule has 0 aromatic heterocycles. The number of urea groups is 1. The Morgan fingerprint density at radius 2 is 1.85 bits per heavy atom. The standard InChI is InChI=1S/C26H34N4O3/c1-6-18(4)27-25(32)21-14-19(5)30(23-10-8-7-9-20(21)23)15-24(31)29-26(33)28-22-12-11-16(2)13-17(22)3/h7-13,18-19,21H,6,14-15H2,1-5H3,(H,27,32)(H2,28,29,31,33)/t18-,19-,21-/m0/s1. The number of aryl methyl sites for hydroxylation is 2. The molecule has 1 aliphatic rings. The van der Waals surface area contributed by atoms with E-state index in [0.717, 1.165) is 28.8 Å². The second kappa shape index (κ2) is 10.5. The SMILES string of the molecule is CC[C@H](C)NC(=O)[C@H]1C[C@H](C)N(CC(=O)NC(=O)Nc2ccc(C)cc2C)c2ccccc21. The van der Waals surface area contributed by atoms with Gasteiger partial charge in [-0.3, -0.25) is 14.9 Å². The van der Waals surface area contributed by atoms with Gasteiger partial charge < -0.3 is 15.5 Å². The zero-order chi connectivity index (χ0) is 24.1. The summed E-state index contributed by atoms with van der Waals surface area (Å²) in [6.07, 6.45) is 1.47. The van der Waals surface area contributed by atoms with Crippen LogP contribution in [0.25, 0.3) is 0 Å². The Bertz CT molecular complexity index is 1040. The minimum atomic E-state index is -0.560. The van der Waals surface area contributed by atoms with Crippen LogP contribution in [0.3, 0.4) is 0 Å². The molecule has 0 bridgehead atoms. The number of hydrogen-bond donors (Lipinski definition) is 3. The van der Waals surface area contributed by atoms with Crippen LogP contribution in [0, 0.1) is 13.8 Å². The van der Waals surface area contributed by atoms with E-state index in [1.54, 1.807) is 0 Å². The summed E-state index contributed by atoms with van der Waals surface area (Å²) in [6, 6.07) is 12.9.